The quantitative estimate of drug-likeness (QED) is 0.420. The minimum atomic E-state index is -0.862. The maximum absolute atomic E-state index is 11.0. The first-order valence-corrected chi connectivity index (χ1v) is 7.83. The maximum atomic E-state index is 11.0. The number of hydrogen-bond donors (Lipinski definition) is 2. The largest absolute Gasteiger partial charge is 0.465 e. The number of rotatable bonds is 5. The number of carbonyl (C=O) groups is 1. The first-order valence-electron chi connectivity index (χ1n) is 4.16. The van der Waals surface area contributed by atoms with E-state index in [1.807, 2.05) is 0 Å². The van der Waals surface area contributed by atoms with E-state index in [-0.39, 0.29) is 12.0 Å². The molecule has 0 bridgehead atoms. The van der Waals surface area contributed by atoms with Gasteiger partial charge in [0, 0.05) is 11.8 Å². The number of nitrogens with two attached hydrogens (primary N) is 1. The summed E-state index contributed by atoms with van der Waals surface area (Å²) >= 11 is 4.39. The molecule has 0 rings (SSSR count). The molecule has 0 saturated carbocycles. The second-order valence-electron chi connectivity index (χ2n) is 3.59. The summed E-state index contributed by atoms with van der Waals surface area (Å²) in [7, 11) is -0.862. The molecule has 3 nitrogen and oxygen atoms in total. The number of esters is 1. The normalized spacial score (nSPS) is 15.2. The van der Waals surface area contributed by atoms with E-state index in [0.717, 1.165) is 5.75 Å². The van der Waals surface area contributed by atoms with Crippen molar-refractivity contribution in [2.45, 2.75) is 19.4 Å². The highest BCUT2D eigenvalue weighted by Gasteiger charge is 2.09. The smallest absolute Gasteiger partial charge is 0.307 e. The molecule has 0 saturated heterocycles. The van der Waals surface area contributed by atoms with Gasteiger partial charge in [-0.3, -0.25) is 4.79 Å². The van der Waals surface area contributed by atoms with Crippen molar-refractivity contribution in [3.8, 4) is 0 Å². The molecule has 0 heterocycles. The lowest BCUT2D eigenvalue weighted by molar-refractivity contribution is -0.143. The molecule has 0 aromatic heterocycles. The summed E-state index contributed by atoms with van der Waals surface area (Å²) in [6.07, 6.45) is 4.42. The predicted octanol–water partition coefficient (Wildman–Crippen LogP) is 1.18. The summed E-state index contributed by atoms with van der Waals surface area (Å²) in [5.74, 6) is 0.618. The van der Waals surface area contributed by atoms with Crippen molar-refractivity contribution in [1.29, 1.82) is 0 Å². The van der Waals surface area contributed by atoms with E-state index in [1.165, 1.54) is 0 Å². The van der Waals surface area contributed by atoms with E-state index in [1.54, 1.807) is 6.92 Å². The molecule has 0 radical (unpaired) electrons. The van der Waals surface area contributed by atoms with Crippen LogP contribution in [0.5, 0.6) is 0 Å². The Morgan fingerprint density at radius 1 is 1.62 bits per heavy atom. The molecule has 80 valence electrons. The van der Waals surface area contributed by atoms with Crippen molar-refractivity contribution in [2.75, 3.05) is 24.9 Å². The average Bonchev–Trinajstić information content (AvgIpc) is 1.81. The topological polar surface area (TPSA) is 52.3 Å². The fraction of sp³-hybridized carbons (Fsp3) is 0.875. The molecule has 2 N–H and O–H groups in total. The van der Waals surface area contributed by atoms with Gasteiger partial charge in [0.2, 0.25) is 0 Å². The van der Waals surface area contributed by atoms with Gasteiger partial charge in [-0.2, -0.15) is 9.06 Å². The lowest BCUT2D eigenvalue weighted by Gasteiger charge is -2.23. The third-order valence-corrected chi connectivity index (χ3v) is 3.05. The van der Waals surface area contributed by atoms with Gasteiger partial charge in [-0.05, 0) is 19.4 Å². The fourth-order valence-corrected chi connectivity index (χ4v) is 1.40. The van der Waals surface area contributed by atoms with Crippen LogP contribution in [0.25, 0.3) is 0 Å². The average molecular weight is 225 g/mol. The lowest BCUT2D eigenvalue weighted by atomic mass is 10.3. The number of carbonyl (C=O) groups excluding carboxylic acids is 1. The summed E-state index contributed by atoms with van der Waals surface area (Å²) in [6.45, 7) is 2.24. The Morgan fingerprint density at radius 3 is 2.54 bits per heavy atom. The van der Waals surface area contributed by atoms with E-state index < -0.39 is 9.06 Å². The van der Waals surface area contributed by atoms with E-state index in [0.29, 0.717) is 13.0 Å². The van der Waals surface area contributed by atoms with Gasteiger partial charge in [0.25, 0.3) is 0 Å². The van der Waals surface area contributed by atoms with Gasteiger partial charge in [-0.1, -0.05) is 0 Å². The Labute approximate surface area is 86.5 Å². The SMILES string of the molecule is CC(N)CC(=O)OCCS(C)(C)S. The second kappa shape index (κ2) is 5.78. The van der Waals surface area contributed by atoms with Crippen LogP contribution >= 0.6 is 20.7 Å². The predicted molar refractivity (Wildman–Crippen MR) is 62.5 cm³/mol. The van der Waals surface area contributed by atoms with Crippen LogP contribution in [0.15, 0.2) is 0 Å². The van der Waals surface area contributed by atoms with Crippen molar-refractivity contribution >= 4 is 26.7 Å². The minimum Gasteiger partial charge on any atom is -0.465 e. The highest BCUT2D eigenvalue weighted by molar-refractivity contribution is 8.87. The van der Waals surface area contributed by atoms with Gasteiger partial charge in [0.1, 0.15) is 0 Å². The van der Waals surface area contributed by atoms with Crippen molar-refractivity contribution in [3.63, 3.8) is 0 Å². The zero-order chi connectivity index (χ0) is 10.5. The Morgan fingerprint density at radius 2 is 2.15 bits per heavy atom. The molecule has 0 aromatic carbocycles. The van der Waals surface area contributed by atoms with Gasteiger partial charge >= 0.3 is 5.97 Å². The molecule has 0 aliphatic heterocycles. The highest BCUT2D eigenvalue weighted by atomic mass is 33.1. The van der Waals surface area contributed by atoms with Crippen LogP contribution in [0.1, 0.15) is 13.3 Å². The zero-order valence-corrected chi connectivity index (χ0v) is 10.2. The van der Waals surface area contributed by atoms with Crippen molar-refractivity contribution in [2.24, 2.45) is 5.73 Å². The summed E-state index contributed by atoms with van der Waals surface area (Å²) in [5.41, 5.74) is 5.44. The zero-order valence-electron chi connectivity index (χ0n) is 8.45. The van der Waals surface area contributed by atoms with Crippen LogP contribution < -0.4 is 5.73 Å². The molecule has 1 atom stereocenters. The molecule has 0 aliphatic rings. The van der Waals surface area contributed by atoms with Crippen LogP contribution in [0.3, 0.4) is 0 Å². The molecule has 5 heteroatoms. The molecular weight excluding hydrogens is 206 g/mol. The molecule has 1 unspecified atom stereocenters. The van der Waals surface area contributed by atoms with E-state index in [9.17, 15) is 4.79 Å². The summed E-state index contributed by atoms with van der Waals surface area (Å²) in [5, 5.41) is 0. The highest BCUT2D eigenvalue weighted by Crippen LogP contribution is 2.43. The van der Waals surface area contributed by atoms with Crippen LogP contribution in [0, 0.1) is 0 Å². The van der Waals surface area contributed by atoms with Crippen molar-refractivity contribution in [1.82, 2.24) is 0 Å². The number of thiol groups is 1. The van der Waals surface area contributed by atoms with Gasteiger partial charge in [0.15, 0.2) is 0 Å². The van der Waals surface area contributed by atoms with E-state index >= 15 is 0 Å². The summed E-state index contributed by atoms with van der Waals surface area (Å²) in [4.78, 5) is 11.0. The molecule has 13 heavy (non-hydrogen) atoms. The number of hydrogen-bond acceptors (Lipinski definition) is 4. The molecular formula is C8H19NO2S2. The molecule has 0 aromatic rings. The van der Waals surface area contributed by atoms with E-state index in [4.69, 9.17) is 10.5 Å². The fourth-order valence-electron chi connectivity index (χ4n) is 0.681. The van der Waals surface area contributed by atoms with Crippen LogP contribution in [-0.2, 0) is 9.53 Å². The lowest BCUT2D eigenvalue weighted by Crippen LogP contribution is -2.22. The van der Waals surface area contributed by atoms with Crippen molar-refractivity contribution in [3.05, 3.63) is 0 Å². The van der Waals surface area contributed by atoms with Crippen LogP contribution in [-0.4, -0.2) is 36.9 Å². The molecule has 0 aliphatic carbocycles. The second-order valence-corrected chi connectivity index (χ2v) is 9.92. The van der Waals surface area contributed by atoms with Gasteiger partial charge in [-0.25, -0.2) is 0 Å². The first-order chi connectivity index (χ1) is 5.81. The first kappa shape index (κ1) is 13.1. The Bertz CT molecular complexity index is 166. The Hall–Kier alpha value is 0.130. The maximum Gasteiger partial charge on any atom is 0.307 e. The van der Waals surface area contributed by atoms with Gasteiger partial charge in [-0.15, -0.1) is 11.7 Å². The van der Waals surface area contributed by atoms with Crippen LogP contribution in [0.2, 0.25) is 0 Å². The molecule has 0 spiro atoms. The van der Waals surface area contributed by atoms with E-state index in [2.05, 4.69) is 24.2 Å². The Balaban J connectivity index is 3.49. The molecule has 0 fully saturated rings. The number of ether oxygens (including phenoxy) is 1. The summed E-state index contributed by atoms with van der Waals surface area (Å²) in [6, 6.07) is -0.121. The third-order valence-electron chi connectivity index (χ3n) is 1.33. The van der Waals surface area contributed by atoms with Crippen LogP contribution in [0.4, 0.5) is 0 Å². The standard InChI is InChI=1S/C8H19NO2S2/c1-7(9)6-8(10)11-4-5-13(2,3)12/h7,12H,4-6,9H2,1-3H3. The minimum absolute atomic E-state index is 0.121. The Kier molecular flexibility index (Phi) is 5.83. The monoisotopic (exact) mass is 225 g/mol. The summed E-state index contributed by atoms with van der Waals surface area (Å²) < 4.78 is 4.98. The third kappa shape index (κ3) is 10.0. The van der Waals surface area contributed by atoms with Gasteiger partial charge < -0.3 is 10.5 Å². The molecule has 0 amide bonds. The van der Waals surface area contributed by atoms with Gasteiger partial charge in [0.05, 0.1) is 13.0 Å². The van der Waals surface area contributed by atoms with Crippen molar-refractivity contribution < 1.29 is 9.53 Å².